The zero-order chi connectivity index (χ0) is 31.6. The van der Waals surface area contributed by atoms with Crippen molar-refractivity contribution in [1.82, 2.24) is 9.55 Å². The van der Waals surface area contributed by atoms with Gasteiger partial charge in [0, 0.05) is 22.2 Å². The molecule has 1 aliphatic heterocycles. The van der Waals surface area contributed by atoms with Gasteiger partial charge >= 0.3 is 0 Å². The highest BCUT2D eigenvalue weighted by Crippen LogP contribution is 2.48. The number of imidazole rings is 1. The number of hydrogen-bond donors (Lipinski definition) is 0. The topological polar surface area (TPSA) is 27.1 Å². The third-order valence-corrected chi connectivity index (χ3v) is 9.60. The van der Waals surface area contributed by atoms with Crippen molar-refractivity contribution in [2.45, 2.75) is 0 Å². The van der Waals surface area contributed by atoms with Crippen molar-refractivity contribution in [1.29, 1.82) is 0 Å². The summed E-state index contributed by atoms with van der Waals surface area (Å²) in [7, 11) is 0. The van der Waals surface area contributed by atoms with Gasteiger partial charge in [0.15, 0.2) is 0 Å². The Labute approximate surface area is 278 Å². The lowest BCUT2D eigenvalue weighted by Crippen LogP contribution is -1.98. The maximum absolute atomic E-state index is 6.35. The second-order valence-corrected chi connectivity index (χ2v) is 12.4. The van der Waals surface area contributed by atoms with Crippen LogP contribution in [0.15, 0.2) is 170 Å². The van der Waals surface area contributed by atoms with Crippen molar-refractivity contribution in [3.05, 3.63) is 170 Å². The first kappa shape index (κ1) is 26.7. The molecule has 0 saturated carbocycles. The van der Waals surface area contributed by atoms with E-state index in [0.29, 0.717) is 0 Å². The molecule has 48 heavy (non-hydrogen) atoms. The maximum Gasteiger partial charge on any atom is 0.145 e. The van der Waals surface area contributed by atoms with Crippen molar-refractivity contribution in [2.75, 3.05) is 0 Å². The highest BCUT2D eigenvalue weighted by molar-refractivity contribution is 6.10. The first-order valence-electron chi connectivity index (χ1n) is 16.3. The average Bonchev–Trinajstić information content (AvgIpc) is 3.55. The summed E-state index contributed by atoms with van der Waals surface area (Å²) in [6, 6.07) is 60.2. The predicted octanol–water partition coefficient (Wildman–Crippen LogP) is 12.1. The van der Waals surface area contributed by atoms with Gasteiger partial charge in [-0.25, -0.2) is 4.98 Å². The van der Waals surface area contributed by atoms with Gasteiger partial charge in [-0.15, -0.1) is 0 Å². The minimum atomic E-state index is 0.907. The van der Waals surface area contributed by atoms with E-state index in [-0.39, 0.29) is 0 Å². The van der Waals surface area contributed by atoms with E-state index in [1.165, 1.54) is 49.4 Å². The average molecular weight is 613 g/mol. The number of hydrogen-bond acceptors (Lipinski definition) is 2. The Balaban J connectivity index is 1.07. The Morgan fingerprint density at radius 2 is 1.15 bits per heavy atom. The van der Waals surface area contributed by atoms with Gasteiger partial charge < -0.3 is 4.74 Å². The van der Waals surface area contributed by atoms with Crippen LogP contribution in [0.2, 0.25) is 0 Å². The molecule has 1 aromatic heterocycles. The number of ether oxygens (including phenoxy) is 1. The fraction of sp³-hybridized carbons (Fsp3) is 0. The molecule has 10 rings (SSSR count). The molecule has 0 atom stereocenters. The van der Waals surface area contributed by atoms with Crippen molar-refractivity contribution in [3.8, 4) is 62.0 Å². The molecule has 2 heterocycles. The van der Waals surface area contributed by atoms with Crippen LogP contribution in [0.1, 0.15) is 0 Å². The number of aromatic nitrogens is 2. The first-order chi connectivity index (χ1) is 23.8. The molecule has 224 valence electrons. The second kappa shape index (κ2) is 10.5. The zero-order valence-corrected chi connectivity index (χ0v) is 26.0. The first-order valence-corrected chi connectivity index (χ1v) is 16.3. The molecule has 9 aromatic rings. The van der Waals surface area contributed by atoms with E-state index in [4.69, 9.17) is 9.72 Å². The Kier molecular flexibility index (Phi) is 5.87. The summed E-state index contributed by atoms with van der Waals surface area (Å²) in [4.78, 5) is 5.12. The van der Waals surface area contributed by atoms with E-state index in [0.717, 1.165) is 45.2 Å². The van der Waals surface area contributed by atoms with Gasteiger partial charge in [-0.05, 0) is 86.4 Å². The van der Waals surface area contributed by atoms with E-state index >= 15 is 0 Å². The molecular formula is C45H28N2O. The minimum absolute atomic E-state index is 0.907. The minimum Gasteiger partial charge on any atom is -0.456 e. The quantitative estimate of drug-likeness (QED) is 0.198. The van der Waals surface area contributed by atoms with Crippen LogP contribution in [0.25, 0.3) is 83.0 Å². The Bertz CT molecular complexity index is 2690. The molecule has 0 spiro atoms. The van der Waals surface area contributed by atoms with Crippen LogP contribution >= 0.6 is 0 Å². The third kappa shape index (κ3) is 4.18. The van der Waals surface area contributed by atoms with Gasteiger partial charge in [0.2, 0.25) is 0 Å². The Morgan fingerprint density at radius 3 is 2.06 bits per heavy atom. The van der Waals surface area contributed by atoms with E-state index < -0.39 is 0 Å². The SMILES string of the molecule is c1ccc(-c2ccc(-c3nc4ccccc4n3-c3ccc4cc(-c5ccc6c7c(cccc57)-c5ccccc5O6)ccc4c3)cc2)cc1. The molecule has 8 aromatic carbocycles. The zero-order valence-electron chi connectivity index (χ0n) is 26.0. The summed E-state index contributed by atoms with van der Waals surface area (Å²) in [6.07, 6.45) is 0. The standard InChI is InChI=1S/C45H28N2O/c1-2-9-29(10-3-1)30-17-19-31(20-18-30)45-46-40-14-5-6-15-41(40)47(45)35-24-23-32-27-34(22-21-33(32)28-35)36-25-26-43-44-38(36)12-8-13-39(44)37-11-4-7-16-42(37)48-43/h1-28H. The Hall–Kier alpha value is -6.45. The summed E-state index contributed by atoms with van der Waals surface area (Å²) >= 11 is 0. The van der Waals surface area contributed by atoms with Crippen LogP contribution in [0.4, 0.5) is 0 Å². The van der Waals surface area contributed by atoms with Gasteiger partial charge in [0.1, 0.15) is 17.3 Å². The molecule has 0 bridgehead atoms. The van der Waals surface area contributed by atoms with Gasteiger partial charge in [-0.2, -0.15) is 0 Å². The second-order valence-electron chi connectivity index (χ2n) is 12.4. The van der Waals surface area contributed by atoms with Gasteiger partial charge in [0.25, 0.3) is 0 Å². The van der Waals surface area contributed by atoms with E-state index in [9.17, 15) is 0 Å². The lowest BCUT2D eigenvalue weighted by molar-refractivity contribution is 0.487. The molecule has 0 aliphatic carbocycles. The molecule has 0 N–H and O–H groups in total. The highest BCUT2D eigenvalue weighted by atomic mass is 16.5. The van der Waals surface area contributed by atoms with Gasteiger partial charge in [-0.1, -0.05) is 127 Å². The number of nitrogens with zero attached hydrogens (tertiary/aromatic N) is 2. The van der Waals surface area contributed by atoms with Gasteiger partial charge in [-0.3, -0.25) is 4.57 Å². The largest absolute Gasteiger partial charge is 0.456 e. The van der Waals surface area contributed by atoms with E-state index in [2.05, 4.69) is 156 Å². The highest BCUT2D eigenvalue weighted by Gasteiger charge is 2.21. The number of fused-ring (bicyclic) bond motifs is 4. The summed E-state index contributed by atoms with van der Waals surface area (Å²) in [5.41, 5.74) is 11.4. The molecule has 3 nitrogen and oxygen atoms in total. The van der Waals surface area contributed by atoms with Crippen molar-refractivity contribution in [3.63, 3.8) is 0 Å². The van der Waals surface area contributed by atoms with Crippen LogP contribution in [0.3, 0.4) is 0 Å². The summed E-state index contributed by atoms with van der Waals surface area (Å²) in [5, 5.41) is 4.74. The summed E-state index contributed by atoms with van der Waals surface area (Å²) < 4.78 is 8.63. The number of para-hydroxylation sites is 3. The summed E-state index contributed by atoms with van der Waals surface area (Å²) in [6.45, 7) is 0. The van der Waals surface area contributed by atoms with Crippen LogP contribution in [0.5, 0.6) is 11.5 Å². The lowest BCUT2D eigenvalue weighted by atomic mass is 9.90. The van der Waals surface area contributed by atoms with Crippen molar-refractivity contribution in [2.24, 2.45) is 0 Å². The fourth-order valence-corrected chi connectivity index (χ4v) is 7.30. The van der Waals surface area contributed by atoms with Crippen LogP contribution < -0.4 is 4.74 Å². The fourth-order valence-electron chi connectivity index (χ4n) is 7.30. The smallest absolute Gasteiger partial charge is 0.145 e. The molecule has 0 amide bonds. The molecule has 0 radical (unpaired) electrons. The molecule has 3 heteroatoms. The van der Waals surface area contributed by atoms with E-state index in [1.807, 2.05) is 18.2 Å². The predicted molar refractivity (Wildman–Crippen MR) is 198 cm³/mol. The number of benzene rings is 8. The normalized spacial score (nSPS) is 11.9. The molecule has 0 fully saturated rings. The third-order valence-electron chi connectivity index (χ3n) is 9.60. The maximum atomic E-state index is 6.35. The van der Waals surface area contributed by atoms with Crippen molar-refractivity contribution < 1.29 is 4.74 Å². The number of rotatable bonds is 4. The van der Waals surface area contributed by atoms with Crippen LogP contribution in [0, 0.1) is 0 Å². The lowest BCUT2D eigenvalue weighted by Gasteiger charge is -2.22. The summed E-state index contributed by atoms with van der Waals surface area (Å²) in [5.74, 6) is 2.75. The van der Waals surface area contributed by atoms with Crippen molar-refractivity contribution >= 4 is 32.6 Å². The van der Waals surface area contributed by atoms with E-state index in [1.54, 1.807) is 0 Å². The molecule has 1 aliphatic rings. The monoisotopic (exact) mass is 612 g/mol. The molecule has 0 unspecified atom stereocenters. The molecular weight excluding hydrogens is 585 g/mol. The van der Waals surface area contributed by atoms with Gasteiger partial charge in [0.05, 0.1) is 11.0 Å². The van der Waals surface area contributed by atoms with Crippen LogP contribution in [-0.4, -0.2) is 9.55 Å². The van der Waals surface area contributed by atoms with Crippen LogP contribution in [-0.2, 0) is 0 Å². The molecule has 0 saturated heterocycles. The Morgan fingerprint density at radius 1 is 0.438 bits per heavy atom.